The van der Waals surface area contributed by atoms with Crippen molar-refractivity contribution in [2.24, 2.45) is 5.73 Å². The Kier molecular flexibility index (Phi) is 9.89. The topological polar surface area (TPSA) is 172 Å². The molecule has 0 aromatic heterocycles. The highest BCUT2D eigenvalue weighted by Crippen LogP contribution is 2.44. The predicted molar refractivity (Wildman–Crippen MR) is 153 cm³/mol. The minimum Gasteiger partial charge on any atom is -0.449 e. The molecule has 11 nitrogen and oxygen atoms in total. The van der Waals surface area contributed by atoms with E-state index in [2.05, 4.69) is 21.3 Å². The number of hydrogen-bond acceptors (Lipinski definition) is 6. The molecular formula is C30H33N5O6. The Morgan fingerprint density at radius 3 is 2.12 bits per heavy atom. The molecule has 0 aliphatic heterocycles. The number of nitrogens with two attached hydrogens (primary N) is 1. The number of ether oxygens (including phenoxy) is 1. The van der Waals surface area contributed by atoms with Crippen LogP contribution in [-0.4, -0.2) is 54.8 Å². The van der Waals surface area contributed by atoms with Gasteiger partial charge in [0.1, 0.15) is 19.2 Å². The Bertz CT molecular complexity index is 1350. The summed E-state index contributed by atoms with van der Waals surface area (Å²) in [5, 5.41) is 19.4. The van der Waals surface area contributed by atoms with Gasteiger partial charge in [-0.15, -0.1) is 0 Å². The first-order valence-corrected chi connectivity index (χ1v) is 13.3. The van der Waals surface area contributed by atoms with Crippen LogP contribution in [0.3, 0.4) is 0 Å². The van der Waals surface area contributed by atoms with E-state index in [4.69, 9.17) is 10.5 Å². The maximum absolute atomic E-state index is 12.9. The molecule has 11 heteroatoms. The summed E-state index contributed by atoms with van der Waals surface area (Å²) >= 11 is 0. The van der Waals surface area contributed by atoms with Crippen LogP contribution < -0.4 is 27.0 Å². The fourth-order valence-corrected chi connectivity index (χ4v) is 4.76. The summed E-state index contributed by atoms with van der Waals surface area (Å²) in [6.07, 6.45) is -0.181. The van der Waals surface area contributed by atoms with Crippen LogP contribution >= 0.6 is 0 Å². The molecule has 5 amide bonds. The molecule has 4 rings (SSSR count). The molecule has 214 valence electrons. The van der Waals surface area contributed by atoms with Crippen molar-refractivity contribution in [1.82, 2.24) is 16.0 Å². The lowest BCUT2D eigenvalue weighted by molar-refractivity contribution is -0.126. The number of fused-ring (bicyclic) bond motifs is 3. The van der Waals surface area contributed by atoms with Gasteiger partial charge in [0.15, 0.2) is 0 Å². The molecule has 1 unspecified atom stereocenters. The Balaban J connectivity index is 1.29. The molecule has 1 aliphatic rings. The maximum Gasteiger partial charge on any atom is 0.407 e. The Morgan fingerprint density at radius 2 is 1.51 bits per heavy atom. The van der Waals surface area contributed by atoms with Crippen molar-refractivity contribution in [3.8, 4) is 11.1 Å². The molecule has 0 saturated carbocycles. The van der Waals surface area contributed by atoms with Gasteiger partial charge >= 0.3 is 12.1 Å². The van der Waals surface area contributed by atoms with Gasteiger partial charge in [0, 0.05) is 18.2 Å². The summed E-state index contributed by atoms with van der Waals surface area (Å²) < 4.78 is 5.46. The molecule has 1 aliphatic carbocycles. The van der Waals surface area contributed by atoms with Crippen LogP contribution in [0.25, 0.3) is 11.1 Å². The second-order valence-electron chi connectivity index (χ2n) is 9.58. The summed E-state index contributed by atoms with van der Waals surface area (Å²) in [7, 11) is 0. The Morgan fingerprint density at radius 1 is 0.878 bits per heavy atom. The number of alkyl carbamates (subject to hydrolysis) is 1. The van der Waals surface area contributed by atoms with Gasteiger partial charge < -0.3 is 36.8 Å². The van der Waals surface area contributed by atoms with Crippen molar-refractivity contribution >= 4 is 29.6 Å². The summed E-state index contributed by atoms with van der Waals surface area (Å²) in [5.41, 5.74) is 10.6. The number of carbonyl (C=O) groups excluding carboxylic acids is 4. The van der Waals surface area contributed by atoms with E-state index in [9.17, 15) is 24.3 Å². The Labute approximate surface area is 237 Å². The van der Waals surface area contributed by atoms with Gasteiger partial charge in [0.25, 0.3) is 0 Å². The van der Waals surface area contributed by atoms with E-state index in [0.29, 0.717) is 17.7 Å². The number of nitrogens with one attached hydrogen (secondary N) is 4. The first-order chi connectivity index (χ1) is 19.9. The average Bonchev–Trinajstić information content (AvgIpc) is 3.30. The smallest absolute Gasteiger partial charge is 0.407 e. The van der Waals surface area contributed by atoms with Crippen LogP contribution in [0, 0.1) is 0 Å². The molecule has 0 spiro atoms. The van der Waals surface area contributed by atoms with Crippen molar-refractivity contribution in [3.63, 3.8) is 0 Å². The van der Waals surface area contributed by atoms with Crippen molar-refractivity contribution in [2.45, 2.75) is 31.4 Å². The van der Waals surface area contributed by atoms with Crippen molar-refractivity contribution in [1.29, 1.82) is 0 Å². The van der Waals surface area contributed by atoms with E-state index in [-0.39, 0.29) is 32.1 Å². The van der Waals surface area contributed by atoms with Gasteiger partial charge in [-0.3, -0.25) is 9.59 Å². The molecule has 0 bridgehead atoms. The number of primary amides is 1. The van der Waals surface area contributed by atoms with E-state index in [1.807, 2.05) is 48.5 Å². The second-order valence-corrected chi connectivity index (χ2v) is 9.58. The zero-order valence-corrected chi connectivity index (χ0v) is 22.4. The van der Waals surface area contributed by atoms with Gasteiger partial charge in [-0.1, -0.05) is 60.7 Å². The molecule has 3 aromatic carbocycles. The molecule has 0 heterocycles. The quantitative estimate of drug-likeness (QED) is 0.186. The van der Waals surface area contributed by atoms with Crippen molar-refractivity contribution in [2.75, 3.05) is 25.0 Å². The highest BCUT2D eigenvalue weighted by Gasteiger charge is 2.29. The van der Waals surface area contributed by atoms with Crippen molar-refractivity contribution < 1.29 is 29.0 Å². The summed E-state index contributed by atoms with van der Waals surface area (Å²) in [5.74, 6) is -1.18. The number of hydrogen-bond donors (Lipinski definition) is 6. The number of rotatable bonds is 12. The summed E-state index contributed by atoms with van der Waals surface area (Å²) in [4.78, 5) is 49.0. The van der Waals surface area contributed by atoms with Gasteiger partial charge in [0.2, 0.25) is 11.8 Å². The van der Waals surface area contributed by atoms with E-state index in [1.54, 1.807) is 24.3 Å². The highest BCUT2D eigenvalue weighted by molar-refractivity contribution is 5.97. The summed E-state index contributed by atoms with van der Waals surface area (Å²) in [6, 6.07) is 20.9. The molecule has 3 aromatic rings. The summed E-state index contributed by atoms with van der Waals surface area (Å²) in [6.45, 7) is -0.200. The van der Waals surface area contributed by atoms with E-state index >= 15 is 0 Å². The largest absolute Gasteiger partial charge is 0.449 e. The number of aliphatic hydroxyl groups excluding tert-OH is 1. The molecule has 0 saturated heterocycles. The zero-order valence-electron chi connectivity index (χ0n) is 22.4. The molecule has 0 fully saturated rings. The predicted octanol–water partition coefficient (Wildman–Crippen LogP) is 2.59. The molecule has 1 atom stereocenters. The Hall–Kier alpha value is -4.90. The second kappa shape index (κ2) is 13.9. The normalized spacial score (nSPS) is 12.4. The van der Waals surface area contributed by atoms with Crippen LogP contribution in [0.2, 0.25) is 0 Å². The third kappa shape index (κ3) is 7.83. The van der Waals surface area contributed by atoms with Gasteiger partial charge in [-0.05, 0) is 52.8 Å². The van der Waals surface area contributed by atoms with E-state index < -0.39 is 36.5 Å². The van der Waals surface area contributed by atoms with Crippen LogP contribution in [0.1, 0.15) is 35.4 Å². The third-order valence-corrected chi connectivity index (χ3v) is 6.76. The first-order valence-electron chi connectivity index (χ1n) is 13.3. The molecule has 0 radical (unpaired) electrons. The van der Waals surface area contributed by atoms with Crippen molar-refractivity contribution in [3.05, 3.63) is 89.5 Å². The fourth-order valence-electron chi connectivity index (χ4n) is 4.76. The average molecular weight is 560 g/mol. The minimum absolute atomic E-state index is 0.106. The highest BCUT2D eigenvalue weighted by atomic mass is 16.5. The molecule has 7 N–H and O–H groups in total. The van der Waals surface area contributed by atoms with Crippen LogP contribution in [0.4, 0.5) is 15.3 Å². The number of amides is 5. The lowest BCUT2D eigenvalue weighted by Crippen LogP contribution is -2.47. The number of anilines is 1. The van der Waals surface area contributed by atoms with Gasteiger partial charge in [-0.2, -0.15) is 0 Å². The fraction of sp³-hybridized carbons (Fsp3) is 0.267. The van der Waals surface area contributed by atoms with Crippen LogP contribution in [0.5, 0.6) is 0 Å². The lowest BCUT2D eigenvalue weighted by atomic mass is 9.98. The van der Waals surface area contributed by atoms with Gasteiger partial charge in [-0.25, -0.2) is 9.59 Å². The SMILES string of the molecule is NC(=O)NCCCC(NC(=O)CNC(=O)OCC1c2ccccc2-c2ccccc21)C(=O)Nc1ccc(CO)cc1. The maximum atomic E-state index is 12.9. The number of carbonyl (C=O) groups is 4. The zero-order chi connectivity index (χ0) is 29.2. The number of benzene rings is 3. The van der Waals surface area contributed by atoms with Crippen LogP contribution in [-0.2, 0) is 20.9 Å². The van der Waals surface area contributed by atoms with E-state index in [0.717, 1.165) is 22.3 Å². The number of aliphatic hydroxyl groups is 1. The van der Waals surface area contributed by atoms with E-state index in [1.165, 1.54) is 0 Å². The minimum atomic E-state index is -0.945. The standard InChI is InChI=1S/C30H33N5O6/c31-29(39)32-15-5-10-26(28(38)34-20-13-11-19(17-36)12-14-20)35-27(37)16-33-30(40)41-18-25-23-8-3-1-6-21(23)22-7-2-4-9-24(22)25/h1-4,6-9,11-14,25-26,36H,5,10,15-18H2,(H,33,40)(H,34,38)(H,35,37)(H3,31,32,39). The third-order valence-electron chi connectivity index (χ3n) is 6.76. The number of urea groups is 1. The lowest BCUT2D eigenvalue weighted by Gasteiger charge is -2.19. The van der Waals surface area contributed by atoms with Gasteiger partial charge in [0.05, 0.1) is 6.61 Å². The molecule has 41 heavy (non-hydrogen) atoms. The molecular weight excluding hydrogens is 526 g/mol. The first kappa shape index (κ1) is 29.1. The van der Waals surface area contributed by atoms with Crippen LogP contribution in [0.15, 0.2) is 72.8 Å². The monoisotopic (exact) mass is 559 g/mol.